The molecule has 0 spiro atoms. The lowest BCUT2D eigenvalue weighted by atomic mass is 9.91. The van der Waals surface area contributed by atoms with Crippen molar-refractivity contribution in [2.24, 2.45) is 0 Å². The maximum Gasteiger partial charge on any atom is 0.135 e. The molecule has 1 unspecified atom stereocenters. The molecular formula is C13H14BrNO. The number of nitrogens with one attached hydrogen (secondary N) is 1. The molecule has 1 aromatic carbocycles. The molecule has 0 saturated carbocycles. The summed E-state index contributed by atoms with van der Waals surface area (Å²) in [4.78, 5) is 0. The Morgan fingerprint density at radius 3 is 3.12 bits per heavy atom. The van der Waals surface area contributed by atoms with Crippen molar-refractivity contribution >= 4 is 26.9 Å². The molecular weight excluding hydrogens is 266 g/mol. The summed E-state index contributed by atoms with van der Waals surface area (Å²) in [5, 5.41) is 4.64. The average Bonchev–Trinajstić information content (AvgIpc) is 2.72. The molecule has 0 amide bonds. The van der Waals surface area contributed by atoms with E-state index in [0.717, 1.165) is 23.1 Å². The predicted octanol–water partition coefficient (Wildman–Crippen LogP) is 3.66. The Morgan fingerprint density at radius 1 is 1.38 bits per heavy atom. The first-order valence-electron chi connectivity index (χ1n) is 5.72. The van der Waals surface area contributed by atoms with Gasteiger partial charge in [0.15, 0.2) is 0 Å². The molecule has 1 fully saturated rings. The summed E-state index contributed by atoms with van der Waals surface area (Å²) in [6.45, 7) is 2.26. The molecule has 3 heteroatoms. The second-order valence-corrected chi connectivity index (χ2v) is 5.24. The van der Waals surface area contributed by atoms with E-state index in [2.05, 4.69) is 39.4 Å². The second-order valence-electron chi connectivity index (χ2n) is 4.38. The van der Waals surface area contributed by atoms with Crippen molar-refractivity contribution in [1.82, 2.24) is 5.32 Å². The van der Waals surface area contributed by atoms with Gasteiger partial charge in [0, 0.05) is 11.9 Å². The number of piperidine rings is 1. The highest BCUT2D eigenvalue weighted by molar-refractivity contribution is 9.10. The van der Waals surface area contributed by atoms with Gasteiger partial charge in [0.1, 0.15) is 11.8 Å². The molecule has 0 radical (unpaired) electrons. The first-order valence-corrected chi connectivity index (χ1v) is 6.51. The summed E-state index contributed by atoms with van der Waals surface area (Å²) in [7, 11) is 0. The minimum absolute atomic E-state index is 0.653. The van der Waals surface area contributed by atoms with E-state index in [4.69, 9.17) is 4.42 Å². The second kappa shape index (κ2) is 4.22. The number of rotatable bonds is 1. The molecule has 1 aliphatic rings. The molecule has 0 aliphatic carbocycles. The summed E-state index contributed by atoms with van der Waals surface area (Å²) in [6.07, 6.45) is 4.32. The Bertz CT molecular complexity index is 500. The van der Waals surface area contributed by atoms with E-state index in [-0.39, 0.29) is 0 Å². The fraction of sp³-hybridized carbons (Fsp3) is 0.385. The monoisotopic (exact) mass is 279 g/mol. The van der Waals surface area contributed by atoms with Crippen LogP contribution in [0.25, 0.3) is 11.0 Å². The van der Waals surface area contributed by atoms with Gasteiger partial charge in [-0.25, -0.2) is 0 Å². The van der Waals surface area contributed by atoms with Crippen molar-refractivity contribution < 1.29 is 4.42 Å². The van der Waals surface area contributed by atoms with Gasteiger partial charge in [0.05, 0.1) is 4.47 Å². The standard InChI is InChI=1S/C13H14BrNO/c14-12-8-16-13-4-3-9(6-11(12)13)10-2-1-5-15-7-10/h3-4,6,8,10,15H,1-2,5,7H2. The molecule has 1 aromatic heterocycles. The normalized spacial score (nSPS) is 21.4. The summed E-state index contributed by atoms with van der Waals surface area (Å²) >= 11 is 3.52. The van der Waals surface area contributed by atoms with E-state index in [1.54, 1.807) is 6.26 Å². The summed E-state index contributed by atoms with van der Waals surface area (Å²) in [6, 6.07) is 6.51. The number of fused-ring (bicyclic) bond motifs is 1. The van der Waals surface area contributed by atoms with Crippen molar-refractivity contribution in [2.75, 3.05) is 13.1 Å². The first-order chi connectivity index (χ1) is 7.84. The maximum atomic E-state index is 5.43. The number of hydrogen-bond donors (Lipinski definition) is 1. The Morgan fingerprint density at radius 2 is 2.31 bits per heavy atom. The number of halogens is 1. The lowest BCUT2D eigenvalue weighted by molar-refractivity contribution is 0.462. The van der Waals surface area contributed by atoms with Crippen LogP contribution in [0, 0.1) is 0 Å². The van der Waals surface area contributed by atoms with Gasteiger partial charge in [-0.2, -0.15) is 0 Å². The van der Waals surface area contributed by atoms with E-state index in [1.165, 1.54) is 23.8 Å². The highest BCUT2D eigenvalue weighted by atomic mass is 79.9. The van der Waals surface area contributed by atoms with Gasteiger partial charge in [0.25, 0.3) is 0 Å². The van der Waals surface area contributed by atoms with Crippen LogP contribution < -0.4 is 5.32 Å². The third-order valence-corrected chi connectivity index (χ3v) is 3.93. The van der Waals surface area contributed by atoms with E-state index in [1.807, 2.05) is 0 Å². The molecule has 3 rings (SSSR count). The zero-order chi connectivity index (χ0) is 11.0. The molecule has 2 aromatic rings. The average molecular weight is 280 g/mol. The lowest BCUT2D eigenvalue weighted by Gasteiger charge is -2.23. The van der Waals surface area contributed by atoms with Gasteiger partial charge in [-0.3, -0.25) is 0 Å². The summed E-state index contributed by atoms with van der Waals surface area (Å²) in [5.41, 5.74) is 2.38. The summed E-state index contributed by atoms with van der Waals surface area (Å²) in [5.74, 6) is 0.653. The molecule has 16 heavy (non-hydrogen) atoms. The first kappa shape index (κ1) is 10.4. The van der Waals surface area contributed by atoms with Crippen molar-refractivity contribution in [3.8, 4) is 0 Å². The van der Waals surface area contributed by atoms with Crippen LogP contribution in [0.2, 0.25) is 0 Å². The number of benzene rings is 1. The quantitative estimate of drug-likeness (QED) is 0.862. The van der Waals surface area contributed by atoms with Gasteiger partial charge in [0.2, 0.25) is 0 Å². The molecule has 1 atom stereocenters. The minimum Gasteiger partial charge on any atom is -0.463 e. The van der Waals surface area contributed by atoms with Crippen LogP contribution in [0.1, 0.15) is 24.3 Å². The van der Waals surface area contributed by atoms with Gasteiger partial charge < -0.3 is 9.73 Å². The highest BCUT2D eigenvalue weighted by Gasteiger charge is 2.16. The topological polar surface area (TPSA) is 25.2 Å². The Hall–Kier alpha value is -0.800. The zero-order valence-electron chi connectivity index (χ0n) is 9.00. The molecule has 1 saturated heterocycles. The molecule has 1 N–H and O–H groups in total. The fourth-order valence-electron chi connectivity index (χ4n) is 2.41. The van der Waals surface area contributed by atoms with Gasteiger partial charge in [-0.05, 0) is 58.9 Å². The molecule has 2 heterocycles. The molecule has 2 nitrogen and oxygen atoms in total. The third kappa shape index (κ3) is 1.78. The number of hydrogen-bond acceptors (Lipinski definition) is 2. The maximum absolute atomic E-state index is 5.43. The Kier molecular flexibility index (Phi) is 2.74. The van der Waals surface area contributed by atoms with E-state index in [0.29, 0.717) is 5.92 Å². The summed E-state index contributed by atoms with van der Waals surface area (Å²) < 4.78 is 6.48. The number of furan rings is 1. The van der Waals surface area contributed by atoms with E-state index >= 15 is 0 Å². The molecule has 1 aliphatic heterocycles. The third-order valence-electron chi connectivity index (χ3n) is 3.32. The molecule has 0 bridgehead atoms. The largest absolute Gasteiger partial charge is 0.463 e. The molecule has 84 valence electrons. The van der Waals surface area contributed by atoms with Crippen LogP contribution >= 0.6 is 15.9 Å². The van der Waals surface area contributed by atoms with Gasteiger partial charge >= 0.3 is 0 Å². The van der Waals surface area contributed by atoms with Crippen molar-refractivity contribution in [3.05, 3.63) is 34.5 Å². The van der Waals surface area contributed by atoms with Crippen molar-refractivity contribution in [1.29, 1.82) is 0 Å². The minimum atomic E-state index is 0.653. The fourth-order valence-corrected chi connectivity index (χ4v) is 2.81. The zero-order valence-corrected chi connectivity index (χ0v) is 10.6. The van der Waals surface area contributed by atoms with Crippen molar-refractivity contribution in [3.63, 3.8) is 0 Å². The van der Waals surface area contributed by atoms with E-state index < -0.39 is 0 Å². The van der Waals surface area contributed by atoms with Crippen LogP contribution in [0.4, 0.5) is 0 Å². The van der Waals surface area contributed by atoms with Crippen LogP contribution in [0.3, 0.4) is 0 Å². The highest BCUT2D eigenvalue weighted by Crippen LogP contribution is 2.31. The van der Waals surface area contributed by atoms with Crippen LogP contribution in [-0.2, 0) is 0 Å². The SMILES string of the molecule is Brc1coc2ccc(C3CCCNC3)cc12. The van der Waals surface area contributed by atoms with Crippen LogP contribution in [0.15, 0.2) is 33.4 Å². The Labute approximate surface area is 103 Å². The lowest BCUT2D eigenvalue weighted by Crippen LogP contribution is -2.28. The Balaban J connectivity index is 1.99. The van der Waals surface area contributed by atoms with Crippen LogP contribution in [0.5, 0.6) is 0 Å². The van der Waals surface area contributed by atoms with Gasteiger partial charge in [-0.15, -0.1) is 0 Å². The smallest absolute Gasteiger partial charge is 0.135 e. The predicted molar refractivity (Wildman–Crippen MR) is 68.8 cm³/mol. The van der Waals surface area contributed by atoms with Gasteiger partial charge in [-0.1, -0.05) is 6.07 Å². The van der Waals surface area contributed by atoms with Crippen molar-refractivity contribution in [2.45, 2.75) is 18.8 Å². The van der Waals surface area contributed by atoms with E-state index in [9.17, 15) is 0 Å². The van der Waals surface area contributed by atoms with Crippen LogP contribution in [-0.4, -0.2) is 13.1 Å².